The molecular weight excluding hydrogens is 455 g/mol. The van der Waals surface area contributed by atoms with Crippen LogP contribution in [0.25, 0.3) is 33.1 Å². The summed E-state index contributed by atoms with van der Waals surface area (Å²) in [5.74, 6) is 1.46. The molecule has 1 aliphatic carbocycles. The number of aromatic amines is 1. The van der Waals surface area contributed by atoms with E-state index in [4.69, 9.17) is 16.3 Å². The largest absolute Gasteiger partial charge is 0.467 e. The predicted molar refractivity (Wildman–Crippen MR) is 131 cm³/mol. The van der Waals surface area contributed by atoms with Gasteiger partial charge in [0, 0.05) is 35.3 Å². The van der Waals surface area contributed by atoms with Crippen LogP contribution in [0, 0.1) is 17.7 Å². The zero-order valence-electron chi connectivity index (χ0n) is 19.4. The molecule has 9 heteroatoms. The lowest BCUT2D eigenvalue weighted by Gasteiger charge is -2.32. The highest BCUT2D eigenvalue weighted by molar-refractivity contribution is 6.33. The third kappa shape index (κ3) is 3.38. The maximum atomic E-state index is 16.3. The van der Waals surface area contributed by atoms with Crippen molar-refractivity contribution in [3.8, 4) is 17.3 Å². The van der Waals surface area contributed by atoms with Gasteiger partial charge in [-0.25, -0.2) is 4.39 Å². The number of H-pyrrole nitrogens is 1. The fourth-order valence-electron chi connectivity index (χ4n) is 5.33. The number of hydrogen-bond acceptors (Lipinski definition) is 6. The molecule has 1 saturated heterocycles. The third-order valence-corrected chi connectivity index (χ3v) is 7.55. The molecule has 2 fully saturated rings. The number of pyridine rings is 1. The third-order valence-electron chi connectivity index (χ3n) is 7.24. The first-order chi connectivity index (χ1) is 16.5. The second kappa shape index (κ2) is 8.05. The molecule has 1 aromatic carbocycles. The summed E-state index contributed by atoms with van der Waals surface area (Å²) in [6, 6.07) is 2.01. The summed E-state index contributed by atoms with van der Waals surface area (Å²) in [6.45, 7) is 6.11. The summed E-state index contributed by atoms with van der Waals surface area (Å²) in [7, 11) is 1.50. The molecule has 176 valence electrons. The molecule has 3 atom stereocenters. The van der Waals surface area contributed by atoms with Crippen LogP contribution < -0.4 is 9.64 Å². The number of ether oxygens (including phenoxy) is 1. The number of anilines is 1. The monoisotopic (exact) mass is 480 g/mol. The van der Waals surface area contributed by atoms with E-state index in [1.54, 1.807) is 12.4 Å². The Hall–Kier alpha value is -3.00. The van der Waals surface area contributed by atoms with Crippen LogP contribution in [0.4, 0.5) is 10.2 Å². The maximum Gasteiger partial charge on any atom is 0.318 e. The van der Waals surface area contributed by atoms with Gasteiger partial charge in [-0.2, -0.15) is 15.1 Å². The topological polar surface area (TPSA) is 79.8 Å². The maximum absolute atomic E-state index is 16.3. The Morgan fingerprint density at radius 3 is 2.76 bits per heavy atom. The molecule has 2 aliphatic rings. The highest BCUT2D eigenvalue weighted by atomic mass is 35.5. The molecule has 4 heterocycles. The summed E-state index contributed by atoms with van der Waals surface area (Å²) >= 11 is 6.72. The summed E-state index contributed by atoms with van der Waals surface area (Å²) in [4.78, 5) is 15.8. The molecule has 3 unspecified atom stereocenters. The van der Waals surface area contributed by atoms with Crippen LogP contribution in [0.15, 0.2) is 18.5 Å². The van der Waals surface area contributed by atoms with Gasteiger partial charge in [0.2, 0.25) is 0 Å². The Labute approximate surface area is 201 Å². The Morgan fingerprint density at radius 2 is 2.03 bits per heavy atom. The van der Waals surface area contributed by atoms with Crippen molar-refractivity contribution in [1.82, 2.24) is 25.1 Å². The molecule has 0 amide bonds. The van der Waals surface area contributed by atoms with Gasteiger partial charge >= 0.3 is 6.01 Å². The Morgan fingerprint density at radius 1 is 1.21 bits per heavy atom. The van der Waals surface area contributed by atoms with Crippen molar-refractivity contribution < 1.29 is 9.13 Å². The molecular formula is C25H26ClFN6O. The minimum Gasteiger partial charge on any atom is -0.467 e. The molecule has 3 aromatic heterocycles. The Balaban J connectivity index is 1.60. The van der Waals surface area contributed by atoms with Crippen molar-refractivity contribution in [3.05, 3.63) is 34.9 Å². The van der Waals surface area contributed by atoms with E-state index in [0.29, 0.717) is 33.6 Å². The second-order valence-electron chi connectivity index (χ2n) is 9.71. The van der Waals surface area contributed by atoms with Crippen molar-refractivity contribution in [2.45, 2.75) is 39.0 Å². The summed E-state index contributed by atoms with van der Waals surface area (Å²) in [5, 5.41) is 9.14. The van der Waals surface area contributed by atoms with E-state index in [9.17, 15) is 0 Å². The molecule has 0 bridgehead atoms. The van der Waals surface area contributed by atoms with E-state index < -0.39 is 5.82 Å². The van der Waals surface area contributed by atoms with Gasteiger partial charge in [0.05, 0.1) is 24.2 Å². The molecule has 0 radical (unpaired) electrons. The molecule has 1 N–H and O–H groups in total. The van der Waals surface area contributed by atoms with Gasteiger partial charge in [-0.15, -0.1) is 0 Å². The van der Waals surface area contributed by atoms with Crippen molar-refractivity contribution >= 4 is 39.2 Å². The van der Waals surface area contributed by atoms with Gasteiger partial charge in [-0.05, 0) is 48.6 Å². The number of aromatic nitrogens is 5. The van der Waals surface area contributed by atoms with E-state index in [2.05, 4.69) is 43.9 Å². The summed E-state index contributed by atoms with van der Waals surface area (Å²) in [6.07, 6.45) is 6.65. The highest BCUT2D eigenvalue weighted by Gasteiger charge is 2.39. The first-order valence-electron chi connectivity index (χ1n) is 11.8. The smallest absolute Gasteiger partial charge is 0.318 e. The highest BCUT2D eigenvalue weighted by Crippen LogP contribution is 2.54. The number of nitrogens with zero attached hydrogens (tertiary/aromatic N) is 5. The Bertz CT molecular complexity index is 1420. The average molecular weight is 481 g/mol. The fourth-order valence-corrected chi connectivity index (χ4v) is 5.67. The van der Waals surface area contributed by atoms with E-state index in [0.717, 1.165) is 42.4 Å². The minimum atomic E-state index is -0.496. The van der Waals surface area contributed by atoms with Crippen LogP contribution in [0.2, 0.25) is 5.02 Å². The van der Waals surface area contributed by atoms with Gasteiger partial charge in [0.25, 0.3) is 0 Å². The first kappa shape index (κ1) is 21.5. The lowest BCUT2D eigenvalue weighted by Crippen LogP contribution is -2.35. The molecule has 4 aromatic rings. The fraction of sp³-hybridized carbons (Fsp3) is 0.440. The number of fused-ring (bicyclic) bond motifs is 2. The normalized spacial score (nSPS) is 22.5. The standard InChI is InChI=1S/C25H26ClFN6O/c1-12-5-4-6-33(11-12)24-16-9-28-23(21(27)22(16)30-25(31-24)34-3)20-15-10-29-32-18(15)8-17(26)19(20)14-7-13(14)2/h8-10,12-14H,4-7,11H2,1-3H3,(H,29,32). The number of methoxy groups -OCH3 is 1. The molecule has 1 saturated carbocycles. The van der Waals surface area contributed by atoms with Gasteiger partial charge in [-0.1, -0.05) is 25.4 Å². The molecule has 0 spiro atoms. The minimum absolute atomic E-state index is 0.146. The average Bonchev–Trinajstić information content (AvgIpc) is 3.35. The van der Waals surface area contributed by atoms with E-state index in [1.807, 2.05) is 6.07 Å². The van der Waals surface area contributed by atoms with Crippen molar-refractivity contribution in [1.29, 1.82) is 0 Å². The van der Waals surface area contributed by atoms with Gasteiger partial charge in [0.15, 0.2) is 5.82 Å². The van der Waals surface area contributed by atoms with Crippen LogP contribution in [0.5, 0.6) is 6.01 Å². The quantitative estimate of drug-likeness (QED) is 0.402. The Kier molecular flexibility index (Phi) is 5.09. The number of benzene rings is 1. The molecule has 1 aliphatic heterocycles. The number of halogens is 2. The van der Waals surface area contributed by atoms with E-state index in [1.165, 1.54) is 13.5 Å². The van der Waals surface area contributed by atoms with Crippen molar-refractivity contribution in [2.24, 2.45) is 11.8 Å². The van der Waals surface area contributed by atoms with Crippen LogP contribution in [-0.4, -0.2) is 45.3 Å². The van der Waals surface area contributed by atoms with Gasteiger partial charge in [0.1, 0.15) is 17.0 Å². The molecule has 7 nitrogen and oxygen atoms in total. The van der Waals surface area contributed by atoms with Crippen LogP contribution in [0.1, 0.15) is 44.6 Å². The number of nitrogens with one attached hydrogen (secondary N) is 1. The summed E-state index contributed by atoms with van der Waals surface area (Å²) < 4.78 is 21.7. The zero-order chi connectivity index (χ0) is 23.6. The van der Waals surface area contributed by atoms with Crippen LogP contribution in [-0.2, 0) is 0 Å². The van der Waals surface area contributed by atoms with Crippen LogP contribution >= 0.6 is 11.6 Å². The lowest BCUT2D eigenvalue weighted by molar-refractivity contribution is 0.379. The van der Waals surface area contributed by atoms with Crippen molar-refractivity contribution in [2.75, 3.05) is 25.1 Å². The van der Waals surface area contributed by atoms with E-state index in [-0.39, 0.29) is 23.1 Å². The van der Waals surface area contributed by atoms with Gasteiger partial charge < -0.3 is 9.64 Å². The zero-order valence-corrected chi connectivity index (χ0v) is 20.2. The predicted octanol–water partition coefficient (Wildman–Crippen LogP) is 5.73. The van der Waals surface area contributed by atoms with Crippen molar-refractivity contribution in [3.63, 3.8) is 0 Å². The number of hydrogen-bond donors (Lipinski definition) is 1. The van der Waals surface area contributed by atoms with E-state index >= 15 is 4.39 Å². The lowest BCUT2D eigenvalue weighted by atomic mass is 9.95. The van der Waals surface area contributed by atoms with Gasteiger partial charge in [-0.3, -0.25) is 10.1 Å². The first-order valence-corrected chi connectivity index (χ1v) is 12.1. The SMILES string of the molecule is COc1nc(N2CCCC(C)C2)c2cnc(-c3c(C4CC4C)c(Cl)cc4[nH]ncc34)c(F)c2n1. The van der Waals surface area contributed by atoms with Crippen LogP contribution in [0.3, 0.4) is 0 Å². The number of rotatable bonds is 4. The second-order valence-corrected chi connectivity index (χ2v) is 10.1. The molecule has 6 rings (SSSR count). The summed E-state index contributed by atoms with van der Waals surface area (Å²) in [5.41, 5.74) is 2.81. The molecule has 34 heavy (non-hydrogen) atoms. The number of piperidine rings is 1.